The average Bonchev–Trinajstić information content (AvgIpc) is 2.19. The van der Waals surface area contributed by atoms with Gasteiger partial charge in [-0.3, -0.25) is 0 Å². The van der Waals surface area contributed by atoms with Crippen LogP contribution in [0.2, 0.25) is 0 Å². The number of benzene rings is 1. The van der Waals surface area contributed by atoms with E-state index in [1.54, 1.807) is 0 Å². The molecule has 0 heterocycles. The standard InChI is InChI=1S/C13H19O2/c1-9(2)15-13-6-5-10(3)7-12(13)11(4)8-14/h5-7,9,11,14H,4,8H2,1-3H3. The number of aliphatic hydroxyl groups excluding tert-OH is 1. The summed E-state index contributed by atoms with van der Waals surface area (Å²) in [5.41, 5.74) is 2.13. The van der Waals surface area contributed by atoms with Crippen molar-refractivity contribution in [2.45, 2.75) is 32.8 Å². The second-order valence-corrected chi connectivity index (χ2v) is 4.09. The SMILES string of the molecule is [CH2]C(CO)c1cc(C)ccc1OC(C)C. The molecule has 0 fully saturated rings. The van der Waals surface area contributed by atoms with E-state index in [0.29, 0.717) is 0 Å². The molecule has 2 heteroatoms. The third-order valence-electron chi connectivity index (χ3n) is 2.19. The highest BCUT2D eigenvalue weighted by Gasteiger charge is 2.12. The maximum atomic E-state index is 9.12. The average molecular weight is 207 g/mol. The van der Waals surface area contributed by atoms with Gasteiger partial charge < -0.3 is 9.84 Å². The summed E-state index contributed by atoms with van der Waals surface area (Å²) in [6.07, 6.45) is 0.136. The summed E-state index contributed by atoms with van der Waals surface area (Å²) >= 11 is 0. The molecular formula is C13H19O2. The molecule has 1 aromatic carbocycles. The van der Waals surface area contributed by atoms with Gasteiger partial charge in [0.25, 0.3) is 0 Å². The van der Waals surface area contributed by atoms with Gasteiger partial charge in [-0.15, -0.1) is 0 Å². The Morgan fingerprint density at radius 2 is 2.07 bits per heavy atom. The quantitative estimate of drug-likeness (QED) is 0.822. The lowest BCUT2D eigenvalue weighted by Gasteiger charge is -2.18. The molecule has 1 aromatic rings. The lowest BCUT2D eigenvalue weighted by atomic mass is 9.99. The summed E-state index contributed by atoms with van der Waals surface area (Å²) in [7, 11) is 0. The summed E-state index contributed by atoms with van der Waals surface area (Å²) in [6.45, 7) is 9.94. The number of hydrogen-bond donors (Lipinski definition) is 1. The minimum Gasteiger partial charge on any atom is -0.491 e. The number of ether oxygens (including phenoxy) is 1. The van der Waals surface area contributed by atoms with Gasteiger partial charge in [0.2, 0.25) is 0 Å². The molecule has 0 aromatic heterocycles. The Morgan fingerprint density at radius 1 is 1.40 bits per heavy atom. The highest BCUT2D eigenvalue weighted by Crippen LogP contribution is 2.28. The van der Waals surface area contributed by atoms with Crippen molar-refractivity contribution < 1.29 is 9.84 Å². The van der Waals surface area contributed by atoms with Gasteiger partial charge in [0, 0.05) is 5.92 Å². The molecule has 0 aliphatic heterocycles. The molecule has 1 atom stereocenters. The van der Waals surface area contributed by atoms with Crippen molar-refractivity contribution in [3.8, 4) is 5.75 Å². The van der Waals surface area contributed by atoms with Gasteiger partial charge in [-0.05, 0) is 39.3 Å². The zero-order valence-electron chi connectivity index (χ0n) is 9.66. The monoisotopic (exact) mass is 207 g/mol. The Bertz CT molecular complexity index is 318. The fraction of sp³-hybridized carbons (Fsp3) is 0.462. The lowest BCUT2D eigenvalue weighted by Crippen LogP contribution is -2.10. The van der Waals surface area contributed by atoms with E-state index in [4.69, 9.17) is 9.84 Å². The zero-order chi connectivity index (χ0) is 11.4. The van der Waals surface area contributed by atoms with E-state index in [1.165, 1.54) is 0 Å². The first-order chi connectivity index (χ1) is 7.04. The number of hydrogen-bond acceptors (Lipinski definition) is 2. The first-order valence-electron chi connectivity index (χ1n) is 5.25. The van der Waals surface area contributed by atoms with Crippen LogP contribution in [0.15, 0.2) is 18.2 Å². The van der Waals surface area contributed by atoms with Crippen molar-refractivity contribution >= 4 is 0 Å². The molecule has 0 bridgehead atoms. The van der Waals surface area contributed by atoms with E-state index in [1.807, 2.05) is 39.0 Å². The van der Waals surface area contributed by atoms with Crippen molar-refractivity contribution in [2.24, 2.45) is 0 Å². The summed E-state index contributed by atoms with van der Waals surface area (Å²) < 4.78 is 5.67. The molecule has 0 aliphatic rings. The van der Waals surface area contributed by atoms with E-state index < -0.39 is 0 Å². The van der Waals surface area contributed by atoms with E-state index >= 15 is 0 Å². The van der Waals surface area contributed by atoms with Gasteiger partial charge in [0.15, 0.2) is 0 Å². The topological polar surface area (TPSA) is 29.5 Å². The van der Waals surface area contributed by atoms with Crippen LogP contribution in [-0.4, -0.2) is 17.8 Å². The second kappa shape index (κ2) is 5.17. The van der Waals surface area contributed by atoms with Crippen LogP contribution in [-0.2, 0) is 0 Å². The van der Waals surface area contributed by atoms with E-state index in [-0.39, 0.29) is 18.6 Å². The zero-order valence-corrected chi connectivity index (χ0v) is 9.66. The van der Waals surface area contributed by atoms with Crippen molar-refractivity contribution in [3.05, 3.63) is 36.2 Å². The van der Waals surface area contributed by atoms with E-state index in [9.17, 15) is 0 Å². The minimum absolute atomic E-state index is 0.0396. The summed E-state index contributed by atoms with van der Waals surface area (Å²) in [4.78, 5) is 0. The highest BCUT2D eigenvalue weighted by atomic mass is 16.5. The Hall–Kier alpha value is -1.02. The minimum atomic E-state index is -0.126. The molecule has 0 aliphatic carbocycles. The van der Waals surface area contributed by atoms with Gasteiger partial charge in [-0.1, -0.05) is 17.7 Å². The van der Waals surface area contributed by atoms with Crippen LogP contribution < -0.4 is 4.74 Å². The third kappa shape index (κ3) is 3.24. The Morgan fingerprint density at radius 3 is 2.60 bits per heavy atom. The van der Waals surface area contributed by atoms with Crippen molar-refractivity contribution in [1.82, 2.24) is 0 Å². The third-order valence-corrected chi connectivity index (χ3v) is 2.19. The Balaban J connectivity index is 3.02. The van der Waals surface area contributed by atoms with Crippen molar-refractivity contribution in [3.63, 3.8) is 0 Å². The number of aryl methyl sites for hydroxylation is 1. The van der Waals surface area contributed by atoms with Gasteiger partial charge in [0.05, 0.1) is 12.7 Å². The first-order valence-corrected chi connectivity index (χ1v) is 5.25. The first kappa shape index (κ1) is 12.1. The van der Waals surface area contributed by atoms with Crippen LogP contribution in [0.1, 0.15) is 30.9 Å². The highest BCUT2D eigenvalue weighted by molar-refractivity contribution is 5.40. The predicted octanol–water partition coefficient (Wildman–Crippen LogP) is 2.69. The maximum Gasteiger partial charge on any atom is 0.123 e. The van der Waals surface area contributed by atoms with E-state index in [2.05, 4.69) is 6.92 Å². The molecule has 15 heavy (non-hydrogen) atoms. The van der Waals surface area contributed by atoms with Crippen LogP contribution in [0.5, 0.6) is 5.75 Å². The lowest BCUT2D eigenvalue weighted by molar-refractivity contribution is 0.233. The molecule has 1 radical (unpaired) electrons. The fourth-order valence-corrected chi connectivity index (χ4v) is 1.45. The van der Waals surface area contributed by atoms with Gasteiger partial charge in [0.1, 0.15) is 5.75 Å². The summed E-state index contributed by atoms with van der Waals surface area (Å²) in [5, 5.41) is 9.12. The predicted molar refractivity (Wildman–Crippen MR) is 62.1 cm³/mol. The molecule has 1 rings (SSSR count). The molecule has 0 spiro atoms. The van der Waals surface area contributed by atoms with Crippen molar-refractivity contribution in [2.75, 3.05) is 6.61 Å². The molecular weight excluding hydrogens is 188 g/mol. The second-order valence-electron chi connectivity index (χ2n) is 4.09. The van der Waals surface area contributed by atoms with Crippen LogP contribution in [0, 0.1) is 13.8 Å². The summed E-state index contributed by atoms with van der Waals surface area (Å²) in [5.74, 6) is 0.697. The van der Waals surface area contributed by atoms with Crippen LogP contribution in [0.25, 0.3) is 0 Å². The Labute approximate surface area is 91.9 Å². The van der Waals surface area contributed by atoms with Crippen LogP contribution in [0.4, 0.5) is 0 Å². The molecule has 0 saturated carbocycles. The smallest absolute Gasteiger partial charge is 0.123 e. The van der Waals surface area contributed by atoms with E-state index in [0.717, 1.165) is 16.9 Å². The van der Waals surface area contributed by atoms with Crippen LogP contribution >= 0.6 is 0 Å². The normalized spacial score (nSPS) is 12.9. The fourth-order valence-electron chi connectivity index (χ4n) is 1.45. The molecule has 0 amide bonds. The van der Waals surface area contributed by atoms with Gasteiger partial charge >= 0.3 is 0 Å². The van der Waals surface area contributed by atoms with Crippen molar-refractivity contribution in [1.29, 1.82) is 0 Å². The molecule has 1 N–H and O–H groups in total. The molecule has 0 saturated heterocycles. The molecule has 1 unspecified atom stereocenters. The molecule has 83 valence electrons. The molecule has 2 nitrogen and oxygen atoms in total. The largest absolute Gasteiger partial charge is 0.491 e. The number of aliphatic hydroxyl groups is 1. The van der Waals surface area contributed by atoms with Gasteiger partial charge in [-0.25, -0.2) is 0 Å². The Kier molecular flexibility index (Phi) is 4.15. The number of rotatable bonds is 4. The summed E-state index contributed by atoms with van der Waals surface area (Å²) in [6, 6.07) is 5.97. The van der Waals surface area contributed by atoms with Gasteiger partial charge in [-0.2, -0.15) is 0 Å². The maximum absolute atomic E-state index is 9.12. The van der Waals surface area contributed by atoms with Crippen LogP contribution in [0.3, 0.4) is 0 Å².